The molecule has 3 heterocycles. The van der Waals surface area contributed by atoms with Crippen LogP contribution in [0.4, 0.5) is 0 Å². The number of fused-ring (bicyclic) bond motifs is 1. The van der Waals surface area contributed by atoms with Crippen molar-refractivity contribution < 1.29 is 4.74 Å². The minimum atomic E-state index is 0.0856. The highest BCUT2D eigenvalue weighted by Crippen LogP contribution is 2.28. The van der Waals surface area contributed by atoms with Crippen molar-refractivity contribution in [2.45, 2.75) is 25.4 Å². The average molecular weight is 282 g/mol. The SMILES string of the molecule is Brc1cccc2nnc(C3CCCCO3)n12. The number of pyridine rings is 1. The van der Waals surface area contributed by atoms with Crippen LogP contribution in [0.5, 0.6) is 0 Å². The number of rotatable bonds is 1. The maximum absolute atomic E-state index is 5.74. The molecule has 4 nitrogen and oxygen atoms in total. The molecule has 0 saturated carbocycles. The Hall–Kier alpha value is -0.940. The number of halogens is 1. The van der Waals surface area contributed by atoms with Crippen molar-refractivity contribution >= 4 is 21.6 Å². The normalized spacial score (nSPS) is 21.4. The van der Waals surface area contributed by atoms with Crippen molar-refractivity contribution in [3.8, 4) is 0 Å². The van der Waals surface area contributed by atoms with Crippen LogP contribution in [0.2, 0.25) is 0 Å². The smallest absolute Gasteiger partial charge is 0.167 e. The molecule has 84 valence electrons. The summed E-state index contributed by atoms with van der Waals surface area (Å²) in [5, 5.41) is 8.40. The molecule has 0 N–H and O–H groups in total. The van der Waals surface area contributed by atoms with Crippen molar-refractivity contribution in [3.63, 3.8) is 0 Å². The van der Waals surface area contributed by atoms with Crippen molar-refractivity contribution in [1.82, 2.24) is 14.6 Å². The first-order chi connectivity index (χ1) is 7.86. The fourth-order valence-electron chi connectivity index (χ4n) is 2.08. The van der Waals surface area contributed by atoms with Crippen LogP contribution in [0.15, 0.2) is 22.8 Å². The largest absolute Gasteiger partial charge is 0.370 e. The number of hydrogen-bond acceptors (Lipinski definition) is 3. The van der Waals surface area contributed by atoms with Crippen LogP contribution in [0, 0.1) is 0 Å². The Morgan fingerprint density at radius 3 is 3.06 bits per heavy atom. The van der Waals surface area contributed by atoms with E-state index in [1.807, 2.05) is 22.6 Å². The lowest BCUT2D eigenvalue weighted by molar-refractivity contribution is 0.00875. The summed E-state index contributed by atoms with van der Waals surface area (Å²) in [6.07, 6.45) is 3.46. The quantitative estimate of drug-likeness (QED) is 0.755. The molecule has 5 heteroatoms. The van der Waals surface area contributed by atoms with Crippen molar-refractivity contribution in [2.75, 3.05) is 6.61 Å². The van der Waals surface area contributed by atoms with Gasteiger partial charge in [0.05, 0.1) is 4.60 Å². The van der Waals surface area contributed by atoms with Crippen LogP contribution in [0.25, 0.3) is 5.65 Å². The van der Waals surface area contributed by atoms with Gasteiger partial charge in [0.1, 0.15) is 6.10 Å². The molecule has 1 aliphatic heterocycles. The van der Waals surface area contributed by atoms with Gasteiger partial charge in [-0.25, -0.2) is 0 Å². The summed E-state index contributed by atoms with van der Waals surface area (Å²) in [6, 6.07) is 5.90. The first kappa shape index (κ1) is 10.2. The fourth-order valence-corrected chi connectivity index (χ4v) is 2.59. The van der Waals surface area contributed by atoms with Gasteiger partial charge in [0.2, 0.25) is 0 Å². The van der Waals surface area contributed by atoms with Gasteiger partial charge in [-0.3, -0.25) is 4.40 Å². The fraction of sp³-hybridized carbons (Fsp3) is 0.455. The van der Waals surface area contributed by atoms with Crippen LogP contribution in [-0.4, -0.2) is 21.2 Å². The third-order valence-corrected chi connectivity index (χ3v) is 3.49. The van der Waals surface area contributed by atoms with Gasteiger partial charge in [0.15, 0.2) is 11.5 Å². The van der Waals surface area contributed by atoms with Crippen LogP contribution in [0.3, 0.4) is 0 Å². The monoisotopic (exact) mass is 281 g/mol. The van der Waals surface area contributed by atoms with E-state index in [2.05, 4.69) is 26.1 Å². The third-order valence-electron chi connectivity index (χ3n) is 2.87. The summed E-state index contributed by atoms with van der Waals surface area (Å²) in [7, 11) is 0. The summed E-state index contributed by atoms with van der Waals surface area (Å²) in [5.74, 6) is 0.905. The van der Waals surface area contributed by atoms with E-state index in [1.54, 1.807) is 0 Å². The lowest BCUT2D eigenvalue weighted by Crippen LogP contribution is -2.14. The molecule has 0 radical (unpaired) electrons. The molecule has 1 saturated heterocycles. The third kappa shape index (κ3) is 1.64. The molecule has 3 rings (SSSR count). The van der Waals surface area contributed by atoms with Crippen LogP contribution in [-0.2, 0) is 4.74 Å². The van der Waals surface area contributed by atoms with Crippen molar-refractivity contribution in [2.24, 2.45) is 0 Å². The Labute approximate surface area is 102 Å². The van der Waals surface area contributed by atoms with Crippen molar-refractivity contribution in [1.29, 1.82) is 0 Å². The van der Waals surface area contributed by atoms with Gasteiger partial charge >= 0.3 is 0 Å². The molecule has 0 aliphatic carbocycles. The first-order valence-corrected chi connectivity index (χ1v) is 6.27. The Balaban J connectivity index is 2.09. The Morgan fingerprint density at radius 1 is 1.31 bits per heavy atom. The van der Waals surface area contributed by atoms with Gasteiger partial charge in [-0.05, 0) is 47.3 Å². The van der Waals surface area contributed by atoms with Gasteiger partial charge in [0.25, 0.3) is 0 Å². The van der Waals surface area contributed by atoms with Gasteiger partial charge in [0, 0.05) is 6.61 Å². The van der Waals surface area contributed by atoms with Gasteiger partial charge < -0.3 is 4.74 Å². The molecule has 0 aromatic carbocycles. The van der Waals surface area contributed by atoms with E-state index < -0.39 is 0 Å². The molecular weight excluding hydrogens is 270 g/mol. The molecule has 2 aromatic rings. The maximum atomic E-state index is 5.74. The van der Waals surface area contributed by atoms with E-state index in [0.717, 1.165) is 35.5 Å². The van der Waals surface area contributed by atoms with Gasteiger partial charge in [-0.2, -0.15) is 0 Å². The second-order valence-electron chi connectivity index (χ2n) is 3.96. The van der Waals surface area contributed by atoms with E-state index in [1.165, 1.54) is 6.42 Å². The number of aromatic nitrogens is 3. The Kier molecular flexibility index (Phi) is 2.65. The molecule has 0 amide bonds. The predicted molar refractivity (Wildman–Crippen MR) is 63.2 cm³/mol. The summed E-state index contributed by atoms with van der Waals surface area (Å²) in [5.41, 5.74) is 0.860. The molecule has 1 atom stereocenters. The summed E-state index contributed by atoms with van der Waals surface area (Å²) < 4.78 is 8.72. The van der Waals surface area contributed by atoms with E-state index >= 15 is 0 Å². The number of nitrogens with zero attached hydrogens (tertiary/aromatic N) is 3. The minimum Gasteiger partial charge on any atom is -0.370 e. The summed E-state index contributed by atoms with van der Waals surface area (Å²) in [4.78, 5) is 0. The maximum Gasteiger partial charge on any atom is 0.167 e. The van der Waals surface area contributed by atoms with E-state index in [4.69, 9.17) is 4.74 Å². The van der Waals surface area contributed by atoms with Crippen LogP contribution >= 0.6 is 15.9 Å². The highest BCUT2D eigenvalue weighted by molar-refractivity contribution is 9.10. The highest BCUT2D eigenvalue weighted by Gasteiger charge is 2.22. The first-order valence-electron chi connectivity index (χ1n) is 5.47. The zero-order valence-corrected chi connectivity index (χ0v) is 10.4. The standard InChI is InChI=1S/C11H12BrN3O/c12-9-5-3-6-10-13-14-11(15(9)10)8-4-1-2-7-16-8/h3,5-6,8H,1-2,4,7H2. The number of ether oxygens (including phenoxy) is 1. The zero-order valence-electron chi connectivity index (χ0n) is 8.77. The van der Waals surface area contributed by atoms with E-state index in [0.29, 0.717) is 0 Å². The molecule has 1 unspecified atom stereocenters. The topological polar surface area (TPSA) is 39.4 Å². The molecule has 0 bridgehead atoms. The van der Waals surface area contributed by atoms with Crippen LogP contribution < -0.4 is 0 Å². The molecular formula is C11H12BrN3O. The summed E-state index contributed by atoms with van der Waals surface area (Å²) >= 11 is 3.52. The molecule has 16 heavy (non-hydrogen) atoms. The second kappa shape index (κ2) is 4.14. The summed E-state index contributed by atoms with van der Waals surface area (Å²) in [6.45, 7) is 0.823. The molecule has 1 aliphatic rings. The lowest BCUT2D eigenvalue weighted by Gasteiger charge is -2.21. The average Bonchev–Trinajstić information content (AvgIpc) is 2.75. The predicted octanol–water partition coefficient (Wildman–Crippen LogP) is 2.73. The van der Waals surface area contributed by atoms with E-state index in [9.17, 15) is 0 Å². The van der Waals surface area contributed by atoms with E-state index in [-0.39, 0.29) is 6.10 Å². The molecule has 2 aromatic heterocycles. The molecule has 0 spiro atoms. The highest BCUT2D eigenvalue weighted by atomic mass is 79.9. The number of hydrogen-bond donors (Lipinski definition) is 0. The molecule has 1 fully saturated rings. The minimum absolute atomic E-state index is 0.0856. The van der Waals surface area contributed by atoms with Crippen molar-refractivity contribution in [3.05, 3.63) is 28.6 Å². The van der Waals surface area contributed by atoms with Gasteiger partial charge in [-0.1, -0.05) is 6.07 Å². The second-order valence-corrected chi connectivity index (χ2v) is 4.77. The lowest BCUT2D eigenvalue weighted by atomic mass is 10.1. The Bertz CT molecular complexity index is 505. The van der Waals surface area contributed by atoms with Crippen LogP contribution in [0.1, 0.15) is 31.2 Å². The Morgan fingerprint density at radius 2 is 2.25 bits per heavy atom. The van der Waals surface area contributed by atoms with Gasteiger partial charge in [-0.15, -0.1) is 10.2 Å². The zero-order chi connectivity index (χ0) is 11.0.